The number of hydrogen-bond acceptors (Lipinski definition) is 2. The predicted molar refractivity (Wildman–Crippen MR) is 68.8 cm³/mol. The molecule has 0 saturated heterocycles. The van der Waals surface area contributed by atoms with Gasteiger partial charge < -0.3 is 5.32 Å². The van der Waals surface area contributed by atoms with Gasteiger partial charge in [0.2, 0.25) is 0 Å². The molecule has 0 aromatic carbocycles. The maximum atomic E-state index is 6.23. The van der Waals surface area contributed by atoms with Gasteiger partial charge in [-0.15, -0.1) is 0 Å². The maximum Gasteiger partial charge on any atom is 0.0834 e. The molecule has 0 saturated carbocycles. The zero-order valence-corrected chi connectivity index (χ0v) is 11.4. The van der Waals surface area contributed by atoms with Gasteiger partial charge in [0, 0.05) is 6.54 Å². The van der Waals surface area contributed by atoms with Crippen molar-refractivity contribution in [1.82, 2.24) is 15.1 Å². The summed E-state index contributed by atoms with van der Waals surface area (Å²) in [5, 5.41) is 8.46. The van der Waals surface area contributed by atoms with E-state index in [9.17, 15) is 0 Å². The van der Waals surface area contributed by atoms with Gasteiger partial charge in [-0.3, -0.25) is 4.68 Å². The summed E-state index contributed by atoms with van der Waals surface area (Å²) in [6.07, 6.45) is 3.94. The summed E-state index contributed by atoms with van der Waals surface area (Å²) in [6.45, 7) is 7.51. The van der Waals surface area contributed by atoms with Crippen LogP contribution in [0.4, 0.5) is 0 Å². The van der Waals surface area contributed by atoms with E-state index in [1.54, 1.807) is 6.20 Å². The van der Waals surface area contributed by atoms with Crippen molar-refractivity contribution in [2.24, 2.45) is 5.92 Å². The molecule has 0 bridgehead atoms. The van der Waals surface area contributed by atoms with Crippen LogP contribution in [0, 0.1) is 5.92 Å². The molecular weight excluding hydrogens is 222 g/mol. The Bertz CT molecular complexity index is 322. The standard InChI is InChI=1S/C12H22ClN3/c1-5-7-16-12(10(13)8-15-16)11(14-4)9(3)6-2/h8-9,11,14H,5-7H2,1-4H3. The largest absolute Gasteiger partial charge is 0.311 e. The fourth-order valence-corrected chi connectivity index (χ4v) is 2.26. The highest BCUT2D eigenvalue weighted by atomic mass is 35.5. The molecule has 0 amide bonds. The lowest BCUT2D eigenvalue weighted by atomic mass is 9.96. The Morgan fingerprint density at radius 1 is 1.50 bits per heavy atom. The van der Waals surface area contributed by atoms with E-state index < -0.39 is 0 Å². The summed E-state index contributed by atoms with van der Waals surface area (Å²) in [5.74, 6) is 0.551. The fraction of sp³-hybridized carbons (Fsp3) is 0.750. The monoisotopic (exact) mass is 243 g/mol. The van der Waals surface area contributed by atoms with E-state index in [0.29, 0.717) is 5.92 Å². The molecule has 1 rings (SSSR count). The molecule has 0 aliphatic carbocycles. The second-order valence-electron chi connectivity index (χ2n) is 4.25. The van der Waals surface area contributed by atoms with Crippen molar-refractivity contribution in [3.05, 3.63) is 16.9 Å². The van der Waals surface area contributed by atoms with Gasteiger partial charge in [0.25, 0.3) is 0 Å². The van der Waals surface area contributed by atoms with Gasteiger partial charge in [0.1, 0.15) is 0 Å². The first-order chi connectivity index (χ1) is 7.65. The van der Waals surface area contributed by atoms with E-state index in [4.69, 9.17) is 11.6 Å². The number of hydrogen-bond donors (Lipinski definition) is 1. The number of rotatable bonds is 6. The molecule has 16 heavy (non-hydrogen) atoms. The second-order valence-corrected chi connectivity index (χ2v) is 4.66. The first-order valence-electron chi connectivity index (χ1n) is 6.04. The lowest BCUT2D eigenvalue weighted by molar-refractivity contribution is 0.372. The third kappa shape index (κ3) is 2.77. The van der Waals surface area contributed by atoms with Crippen LogP contribution < -0.4 is 5.32 Å². The van der Waals surface area contributed by atoms with E-state index >= 15 is 0 Å². The summed E-state index contributed by atoms with van der Waals surface area (Å²) < 4.78 is 2.02. The lowest BCUT2D eigenvalue weighted by Crippen LogP contribution is -2.26. The van der Waals surface area contributed by atoms with Gasteiger partial charge in [-0.2, -0.15) is 5.10 Å². The first-order valence-corrected chi connectivity index (χ1v) is 6.41. The molecule has 3 nitrogen and oxygen atoms in total. The number of nitrogens with one attached hydrogen (secondary N) is 1. The number of halogens is 1. The summed E-state index contributed by atoms with van der Waals surface area (Å²) in [6, 6.07) is 0.284. The predicted octanol–water partition coefficient (Wildman–Crippen LogP) is 3.25. The number of aromatic nitrogens is 2. The molecule has 0 fully saturated rings. The van der Waals surface area contributed by atoms with E-state index in [1.165, 1.54) is 0 Å². The minimum Gasteiger partial charge on any atom is -0.311 e. The van der Waals surface area contributed by atoms with Crippen LogP contribution in [0.15, 0.2) is 6.20 Å². The zero-order valence-electron chi connectivity index (χ0n) is 10.6. The summed E-state index contributed by atoms with van der Waals surface area (Å²) in [7, 11) is 1.98. The van der Waals surface area contributed by atoms with Gasteiger partial charge in [-0.05, 0) is 19.4 Å². The van der Waals surface area contributed by atoms with Crippen molar-refractivity contribution in [3.8, 4) is 0 Å². The van der Waals surface area contributed by atoms with Gasteiger partial charge >= 0.3 is 0 Å². The Morgan fingerprint density at radius 2 is 2.19 bits per heavy atom. The van der Waals surface area contributed by atoms with E-state index in [1.807, 2.05) is 11.7 Å². The van der Waals surface area contributed by atoms with Crippen LogP contribution in [-0.4, -0.2) is 16.8 Å². The molecule has 4 heteroatoms. The molecule has 2 atom stereocenters. The van der Waals surface area contributed by atoms with Crippen molar-refractivity contribution in [2.45, 2.75) is 46.2 Å². The Morgan fingerprint density at radius 3 is 2.69 bits per heavy atom. The molecule has 1 aromatic heterocycles. The van der Waals surface area contributed by atoms with E-state index in [0.717, 1.165) is 30.1 Å². The van der Waals surface area contributed by atoms with E-state index in [2.05, 4.69) is 31.2 Å². The molecule has 1 aromatic rings. The molecule has 1 heterocycles. The van der Waals surface area contributed by atoms with E-state index in [-0.39, 0.29) is 6.04 Å². The number of aryl methyl sites for hydroxylation is 1. The Hall–Kier alpha value is -0.540. The Balaban J connectivity index is 3.02. The summed E-state index contributed by atoms with van der Waals surface area (Å²) >= 11 is 6.23. The molecular formula is C12H22ClN3. The highest BCUT2D eigenvalue weighted by Gasteiger charge is 2.22. The second kappa shape index (κ2) is 6.26. The lowest BCUT2D eigenvalue weighted by Gasteiger charge is -2.24. The summed E-state index contributed by atoms with van der Waals surface area (Å²) in [4.78, 5) is 0. The summed E-state index contributed by atoms with van der Waals surface area (Å²) in [5.41, 5.74) is 1.13. The van der Waals surface area contributed by atoms with Crippen molar-refractivity contribution in [2.75, 3.05) is 7.05 Å². The SMILES string of the molecule is CCCn1ncc(Cl)c1C(NC)C(C)CC. The van der Waals surface area contributed by atoms with Crippen molar-refractivity contribution in [1.29, 1.82) is 0 Å². The number of nitrogens with zero attached hydrogens (tertiary/aromatic N) is 2. The Labute approximate surface area is 103 Å². The van der Waals surface area contributed by atoms with Crippen molar-refractivity contribution in [3.63, 3.8) is 0 Å². The third-order valence-corrected chi connectivity index (χ3v) is 3.38. The first kappa shape index (κ1) is 13.5. The van der Waals surface area contributed by atoms with Gasteiger partial charge in [-0.25, -0.2) is 0 Å². The Kier molecular flexibility index (Phi) is 5.29. The smallest absolute Gasteiger partial charge is 0.0834 e. The highest BCUT2D eigenvalue weighted by molar-refractivity contribution is 6.31. The molecule has 92 valence electrons. The van der Waals surface area contributed by atoms with Crippen LogP contribution >= 0.6 is 11.6 Å². The van der Waals surface area contributed by atoms with Gasteiger partial charge in [-0.1, -0.05) is 38.8 Å². The fourth-order valence-electron chi connectivity index (χ4n) is 2.00. The van der Waals surface area contributed by atoms with Gasteiger partial charge in [0.05, 0.1) is 23.0 Å². The average molecular weight is 244 g/mol. The van der Waals surface area contributed by atoms with Crippen LogP contribution in [0.1, 0.15) is 45.3 Å². The van der Waals surface area contributed by atoms with Crippen molar-refractivity contribution >= 4 is 11.6 Å². The molecule has 0 aliphatic heterocycles. The molecule has 1 N–H and O–H groups in total. The molecule has 2 unspecified atom stereocenters. The quantitative estimate of drug-likeness (QED) is 0.831. The topological polar surface area (TPSA) is 29.9 Å². The molecule has 0 radical (unpaired) electrons. The van der Waals surface area contributed by atoms with Crippen LogP contribution in [-0.2, 0) is 6.54 Å². The highest BCUT2D eigenvalue weighted by Crippen LogP contribution is 2.29. The van der Waals surface area contributed by atoms with Crippen molar-refractivity contribution < 1.29 is 0 Å². The maximum absolute atomic E-state index is 6.23. The third-order valence-electron chi connectivity index (χ3n) is 3.09. The average Bonchev–Trinajstić information content (AvgIpc) is 2.63. The zero-order chi connectivity index (χ0) is 12.1. The van der Waals surface area contributed by atoms with Crippen LogP contribution in [0.2, 0.25) is 5.02 Å². The van der Waals surface area contributed by atoms with Crippen LogP contribution in [0.3, 0.4) is 0 Å². The minimum atomic E-state index is 0.284. The van der Waals surface area contributed by atoms with Gasteiger partial charge in [0.15, 0.2) is 0 Å². The normalized spacial score (nSPS) is 15.1. The van der Waals surface area contributed by atoms with Crippen LogP contribution in [0.25, 0.3) is 0 Å². The molecule has 0 aliphatic rings. The minimum absolute atomic E-state index is 0.284. The van der Waals surface area contributed by atoms with Crippen LogP contribution in [0.5, 0.6) is 0 Å². The molecule has 0 spiro atoms.